The third-order valence-corrected chi connectivity index (χ3v) is 3.80. The lowest BCUT2D eigenvalue weighted by Gasteiger charge is -2.09. The van der Waals surface area contributed by atoms with Gasteiger partial charge in [0.1, 0.15) is 17.6 Å². The third kappa shape index (κ3) is 3.61. The van der Waals surface area contributed by atoms with Crippen molar-refractivity contribution < 1.29 is 14.1 Å². The van der Waals surface area contributed by atoms with Crippen molar-refractivity contribution in [3.63, 3.8) is 0 Å². The number of rotatable bonds is 4. The highest BCUT2D eigenvalue weighted by molar-refractivity contribution is 9.10. The first-order chi connectivity index (χ1) is 9.90. The van der Waals surface area contributed by atoms with Crippen molar-refractivity contribution in [2.75, 3.05) is 0 Å². The summed E-state index contributed by atoms with van der Waals surface area (Å²) in [7, 11) is 0. The number of nitrogens with zero attached hydrogens (tertiary/aromatic N) is 2. The molecule has 0 N–H and O–H groups in total. The van der Waals surface area contributed by atoms with E-state index in [1.807, 2.05) is 0 Å². The summed E-state index contributed by atoms with van der Waals surface area (Å²) < 4.78 is 18.7. The number of hydrogen-bond acceptors (Lipinski definition) is 4. The van der Waals surface area contributed by atoms with Gasteiger partial charge in [-0.2, -0.15) is 0 Å². The van der Waals surface area contributed by atoms with Gasteiger partial charge in [-0.15, -0.1) is 0 Å². The first-order valence-corrected chi connectivity index (χ1v) is 7.00. The van der Waals surface area contributed by atoms with Crippen LogP contribution >= 0.6 is 39.1 Å². The normalized spacial score (nSPS) is 10.5. The Balaban J connectivity index is 2.32. The second-order valence-electron chi connectivity index (χ2n) is 3.84. The Morgan fingerprint density at radius 2 is 2.14 bits per heavy atom. The van der Waals surface area contributed by atoms with Crippen molar-refractivity contribution in [3.8, 4) is 5.75 Å². The molecular weight excluding hydrogens is 390 g/mol. The average Bonchev–Trinajstić information content (AvgIpc) is 2.41. The summed E-state index contributed by atoms with van der Waals surface area (Å²) >= 11 is 14.7. The molecule has 110 valence electrons. The molecule has 1 aromatic heterocycles. The van der Waals surface area contributed by atoms with Crippen LogP contribution in [0.25, 0.3) is 0 Å². The van der Waals surface area contributed by atoms with E-state index < -0.39 is 10.7 Å². The highest BCUT2D eigenvalue weighted by Gasteiger charge is 2.20. The average molecular weight is 396 g/mol. The second kappa shape index (κ2) is 6.55. The van der Waals surface area contributed by atoms with E-state index in [0.29, 0.717) is 10.6 Å². The molecule has 0 atom stereocenters. The number of hydrogen-bond donors (Lipinski definition) is 0. The Morgan fingerprint density at radius 1 is 1.43 bits per heavy atom. The molecule has 0 saturated heterocycles. The summed E-state index contributed by atoms with van der Waals surface area (Å²) in [6.07, 6.45) is 1.41. The van der Waals surface area contributed by atoms with E-state index in [1.165, 1.54) is 12.3 Å². The van der Waals surface area contributed by atoms with Crippen molar-refractivity contribution in [1.29, 1.82) is 0 Å². The van der Waals surface area contributed by atoms with Crippen molar-refractivity contribution in [2.45, 2.75) is 6.61 Å². The van der Waals surface area contributed by atoms with Crippen molar-refractivity contribution >= 4 is 44.8 Å². The molecule has 0 aliphatic carbocycles. The van der Waals surface area contributed by atoms with Crippen LogP contribution in [0.1, 0.15) is 5.56 Å². The lowest BCUT2D eigenvalue weighted by atomic mass is 10.2. The summed E-state index contributed by atoms with van der Waals surface area (Å²) in [6.45, 7) is -0.173. The Kier molecular flexibility index (Phi) is 4.97. The van der Waals surface area contributed by atoms with Crippen LogP contribution in [0.4, 0.5) is 10.1 Å². The van der Waals surface area contributed by atoms with Crippen LogP contribution in [-0.4, -0.2) is 9.91 Å². The molecule has 0 bridgehead atoms. The summed E-state index contributed by atoms with van der Waals surface area (Å²) in [4.78, 5) is 14.1. The highest BCUT2D eigenvalue weighted by atomic mass is 79.9. The fraction of sp³-hybridized carbons (Fsp3) is 0.0833. The van der Waals surface area contributed by atoms with Crippen molar-refractivity contribution in [2.24, 2.45) is 0 Å². The van der Waals surface area contributed by atoms with Gasteiger partial charge in [-0.3, -0.25) is 10.1 Å². The van der Waals surface area contributed by atoms with Crippen LogP contribution < -0.4 is 4.74 Å². The molecule has 1 aromatic carbocycles. The minimum absolute atomic E-state index is 0.0287. The standard InChI is InChI=1S/C12H6BrCl2FN2O3/c13-7-3-10(18(19)20)11(4-9(7)16)21-5-6-8(14)1-2-17-12(6)15/h1-4H,5H2. The Labute approximate surface area is 136 Å². The monoisotopic (exact) mass is 394 g/mol. The molecular formula is C12H6BrCl2FN2O3. The highest BCUT2D eigenvalue weighted by Crippen LogP contribution is 2.34. The fourth-order valence-electron chi connectivity index (χ4n) is 1.50. The number of nitro groups is 1. The van der Waals surface area contributed by atoms with Gasteiger partial charge in [-0.1, -0.05) is 23.2 Å². The van der Waals surface area contributed by atoms with Crippen molar-refractivity contribution in [1.82, 2.24) is 4.98 Å². The van der Waals surface area contributed by atoms with Gasteiger partial charge in [-0.25, -0.2) is 9.37 Å². The number of aromatic nitrogens is 1. The predicted molar refractivity (Wildman–Crippen MR) is 79.3 cm³/mol. The topological polar surface area (TPSA) is 65.3 Å². The molecule has 0 aliphatic heterocycles. The van der Waals surface area contributed by atoms with Gasteiger partial charge in [0, 0.05) is 23.9 Å². The third-order valence-electron chi connectivity index (χ3n) is 2.52. The molecule has 1 heterocycles. The molecule has 0 fully saturated rings. The molecule has 2 rings (SSSR count). The van der Waals surface area contributed by atoms with Crippen LogP contribution in [-0.2, 0) is 6.61 Å². The van der Waals surface area contributed by atoms with Gasteiger partial charge in [0.2, 0.25) is 0 Å². The summed E-state index contributed by atoms with van der Waals surface area (Å²) in [5.41, 5.74) is -0.0159. The van der Waals surface area contributed by atoms with Gasteiger partial charge < -0.3 is 4.74 Å². The zero-order valence-corrected chi connectivity index (χ0v) is 13.2. The number of benzene rings is 1. The smallest absolute Gasteiger partial charge is 0.312 e. The number of ether oxygens (including phenoxy) is 1. The van der Waals surface area contributed by atoms with Crippen LogP contribution in [0, 0.1) is 15.9 Å². The summed E-state index contributed by atoms with van der Waals surface area (Å²) in [5.74, 6) is -0.907. The molecule has 5 nitrogen and oxygen atoms in total. The number of pyridine rings is 1. The first-order valence-electron chi connectivity index (χ1n) is 5.45. The minimum Gasteiger partial charge on any atom is -0.482 e. The van der Waals surface area contributed by atoms with Crippen LogP contribution in [0.5, 0.6) is 5.75 Å². The molecule has 0 spiro atoms. The van der Waals surface area contributed by atoms with Gasteiger partial charge in [0.25, 0.3) is 0 Å². The van der Waals surface area contributed by atoms with E-state index in [-0.39, 0.29) is 27.7 Å². The summed E-state index contributed by atoms with van der Waals surface area (Å²) in [5, 5.41) is 11.4. The minimum atomic E-state index is -0.681. The van der Waals surface area contributed by atoms with E-state index >= 15 is 0 Å². The Morgan fingerprint density at radius 3 is 2.76 bits per heavy atom. The largest absolute Gasteiger partial charge is 0.482 e. The lowest BCUT2D eigenvalue weighted by molar-refractivity contribution is -0.386. The zero-order chi connectivity index (χ0) is 15.6. The molecule has 0 unspecified atom stereocenters. The van der Waals surface area contributed by atoms with E-state index in [2.05, 4.69) is 20.9 Å². The van der Waals surface area contributed by atoms with E-state index in [1.54, 1.807) is 0 Å². The Bertz CT molecular complexity index is 695. The lowest BCUT2D eigenvalue weighted by Crippen LogP contribution is -2.02. The van der Waals surface area contributed by atoms with Gasteiger partial charge >= 0.3 is 5.69 Å². The molecule has 2 aromatic rings. The van der Waals surface area contributed by atoms with Crippen LogP contribution in [0.3, 0.4) is 0 Å². The van der Waals surface area contributed by atoms with Gasteiger partial charge in [0.05, 0.1) is 14.4 Å². The van der Waals surface area contributed by atoms with Crippen molar-refractivity contribution in [3.05, 3.63) is 60.5 Å². The number of nitro benzene ring substituents is 1. The maximum absolute atomic E-state index is 13.5. The second-order valence-corrected chi connectivity index (χ2v) is 5.46. The maximum atomic E-state index is 13.5. The van der Waals surface area contributed by atoms with E-state index in [0.717, 1.165) is 12.1 Å². The zero-order valence-electron chi connectivity index (χ0n) is 10.1. The molecule has 21 heavy (non-hydrogen) atoms. The number of halogens is 4. The Hall–Kier alpha value is -1.44. The van der Waals surface area contributed by atoms with E-state index in [9.17, 15) is 14.5 Å². The molecule has 0 aliphatic rings. The first kappa shape index (κ1) is 15.9. The molecule has 9 heteroatoms. The van der Waals surface area contributed by atoms with Crippen LogP contribution in [0.15, 0.2) is 28.9 Å². The van der Waals surface area contributed by atoms with E-state index in [4.69, 9.17) is 27.9 Å². The quantitative estimate of drug-likeness (QED) is 0.424. The molecule has 0 radical (unpaired) electrons. The maximum Gasteiger partial charge on any atom is 0.312 e. The molecule has 0 saturated carbocycles. The SMILES string of the molecule is O=[N+]([O-])c1cc(Br)c(F)cc1OCc1c(Cl)ccnc1Cl. The van der Waals surface area contributed by atoms with Gasteiger partial charge in [-0.05, 0) is 22.0 Å². The van der Waals surface area contributed by atoms with Crippen LogP contribution in [0.2, 0.25) is 10.2 Å². The van der Waals surface area contributed by atoms with Gasteiger partial charge in [0.15, 0.2) is 5.75 Å². The fourth-order valence-corrected chi connectivity index (χ4v) is 2.29. The predicted octanol–water partition coefficient (Wildman–Crippen LogP) is 4.78. The summed E-state index contributed by atoms with van der Waals surface area (Å²) in [6, 6.07) is 3.44. The molecule has 0 amide bonds.